The topological polar surface area (TPSA) is 57.1 Å². The second-order valence-corrected chi connectivity index (χ2v) is 5.91. The molecule has 2 atom stereocenters. The van der Waals surface area contributed by atoms with Gasteiger partial charge in [-0.25, -0.2) is 4.99 Å². The number of nitrogens with zero attached hydrogens (tertiary/aromatic N) is 2. The number of β-amino-alcohol motifs (C(OH)–C–C–N with tert-alkyl or cyclic N) is 1. The highest BCUT2D eigenvalue weighted by atomic mass is 35.5. The molecule has 6 heteroatoms. The maximum absolute atomic E-state index is 9.65. The van der Waals surface area contributed by atoms with Gasteiger partial charge in [0, 0.05) is 24.7 Å². The Morgan fingerprint density at radius 3 is 3.05 bits per heavy atom. The number of aliphatic hydroxyl groups is 1. The van der Waals surface area contributed by atoms with Crippen LogP contribution in [-0.4, -0.2) is 54.4 Å². The quantitative estimate of drug-likeness (QED) is 0.643. The summed E-state index contributed by atoms with van der Waals surface area (Å²) in [5.41, 5.74) is 0. The average Bonchev–Trinajstić information content (AvgIpc) is 2.90. The van der Waals surface area contributed by atoms with Gasteiger partial charge in [-0.15, -0.1) is 0 Å². The molecule has 0 radical (unpaired) electrons. The molecule has 1 saturated heterocycles. The average molecular weight is 326 g/mol. The summed E-state index contributed by atoms with van der Waals surface area (Å²) in [5.74, 6) is 1.58. The summed E-state index contributed by atoms with van der Waals surface area (Å²) >= 11 is 5.95. The van der Waals surface area contributed by atoms with Gasteiger partial charge in [-0.05, 0) is 38.5 Å². The lowest BCUT2D eigenvalue weighted by molar-refractivity contribution is 0.187. The molecule has 0 spiro atoms. The summed E-state index contributed by atoms with van der Waals surface area (Å²) in [6.07, 6.45) is 0.475. The molecule has 1 aromatic rings. The van der Waals surface area contributed by atoms with Gasteiger partial charge in [0.15, 0.2) is 5.96 Å². The van der Waals surface area contributed by atoms with E-state index < -0.39 is 0 Å². The molecular formula is C16H24ClN3O2. The van der Waals surface area contributed by atoms with E-state index in [0.29, 0.717) is 18.1 Å². The van der Waals surface area contributed by atoms with Crippen LogP contribution in [0.4, 0.5) is 0 Å². The Morgan fingerprint density at radius 1 is 1.59 bits per heavy atom. The number of guanidine groups is 1. The van der Waals surface area contributed by atoms with E-state index in [9.17, 15) is 5.11 Å². The lowest BCUT2D eigenvalue weighted by Gasteiger charge is -2.22. The molecule has 1 aliphatic rings. The molecule has 122 valence electrons. The van der Waals surface area contributed by atoms with Crippen molar-refractivity contribution in [3.8, 4) is 5.75 Å². The van der Waals surface area contributed by atoms with Crippen LogP contribution in [0.2, 0.25) is 5.02 Å². The van der Waals surface area contributed by atoms with Crippen LogP contribution in [0.3, 0.4) is 0 Å². The number of ether oxygens (including phenoxy) is 1. The Kier molecular flexibility index (Phi) is 6.34. The summed E-state index contributed by atoms with van der Waals surface area (Å²) < 4.78 is 5.82. The van der Waals surface area contributed by atoms with Crippen molar-refractivity contribution in [3.63, 3.8) is 0 Å². The summed E-state index contributed by atoms with van der Waals surface area (Å²) in [4.78, 5) is 6.69. The predicted octanol–water partition coefficient (Wildman–Crippen LogP) is 2.14. The fraction of sp³-hybridized carbons (Fsp3) is 0.562. The molecule has 0 bridgehead atoms. The normalized spacial score (nSPS) is 20.1. The Labute approximate surface area is 136 Å². The second-order valence-electron chi connectivity index (χ2n) is 5.47. The lowest BCUT2D eigenvalue weighted by atomic mass is 10.3. The van der Waals surface area contributed by atoms with E-state index in [-0.39, 0.29) is 12.2 Å². The fourth-order valence-electron chi connectivity index (χ4n) is 2.38. The molecule has 0 saturated carbocycles. The van der Waals surface area contributed by atoms with Gasteiger partial charge in [-0.1, -0.05) is 17.7 Å². The Bertz CT molecular complexity index is 510. The molecule has 0 aliphatic carbocycles. The molecule has 5 nitrogen and oxygen atoms in total. The van der Waals surface area contributed by atoms with Crippen LogP contribution in [-0.2, 0) is 0 Å². The number of benzene rings is 1. The van der Waals surface area contributed by atoms with Crippen LogP contribution in [0.1, 0.15) is 20.3 Å². The first kappa shape index (κ1) is 16.9. The molecule has 1 heterocycles. The van der Waals surface area contributed by atoms with Crippen molar-refractivity contribution in [2.45, 2.75) is 32.5 Å². The standard InChI is InChI=1S/C16H24ClN3O2/c1-3-18-16(20-8-7-14(21)11-20)19-10-12(2)22-15-6-4-5-13(17)9-15/h4-6,9,12,14,21H,3,7-8,10-11H2,1-2H3,(H,18,19)/t12?,14-/m1/s1. The molecule has 1 aliphatic heterocycles. The highest BCUT2D eigenvalue weighted by Gasteiger charge is 2.22. The van der Waals surface area contributed by atoms with Crippen LogP contribution >= 0.6 is 11.6 Å². The molecule has 2 N–H and O–H groups in total. The molecule has 1 aromatic carbocycles. The van der Waals surface area contributed by atoms with Gasteiger partial charge < -0.3 is 20.1 Å². The van der Waals surface area contributed by atoms with Crippen molar-refractivity contribution in [3.05, 3.63) is 29.3 Å². The summed E-state index contributed by atoms with van der Waals surface area (Å²) in [6, 6.07) is 7.36. The molecule has 2 rings (SSSR count). The third-order valence-corrected chi connectivity index (χ3v) is 3.66. The van der Waals surface area contributed by atoms with E-state index in [1.807, 2.05) is 32.0 Å². The van der Waals surface area contributed by atoms with Crippen LogP contribution in [0, 0.1) is 0 Å². The Morgan fingerprint density at radius 2 is 2.41 bits per heavy atom. The number of likely N-dealkylation sites (tertiary alicyclic amines) is 1. The number of halogens is 1. The Hall–Kier alpha value is -1.46. The largest absolute Gasteiger partial charge is 0.489 e. The minimum atomic E-state index is -0.260. The van der Waals surface area contributed by atoms with Gasteiger partial charge in [-0.3, -0.25) is 0 Å². The number of hydrogen-bond acceptors (Lipinski definition) is 3. The van der Waals surface area contributed by atoms with Gasteiger partial charge in [0.25, 0.3) is 0 Å². The number of nitrogens with one attached hydrogen (secondary N) is 1. The number of aliphatic imine (C=N–C) groups is 1. The zero-order valence-corrected chi connectivity index (χ0v) is 13.9. The third kappa shape index (κ3) is 5.07. The number of rotatable bonds is 5. The molecule has 22 heavy (non-hydrogen) atoms. The number of aliphatic hydroxyl groups excluding tert-OH is 1. The highest BCUT2D eigenvalue weighted by Crippen LogP contribution is 2.18. The molecule has 0 aromatic heterocycles. The van der Waals surface area contributed by atoms with Crippen molar-refractivity contribution >= 4 is 17.6 Å². The van der Waals surface area contributed by atoms with Gasteiger partial charge in [0.2, 0.25) is 0 Å². The lowest BCUT2D eigenvalue weighted by Crippen LogP contribution is -2.41. The van der Waals surface area contributed by atoms with Crippen molar-refractivity contribution in [2.75, 3.05) is 26.2 Å². The summed E-state index contributed by atoms with van der Waals surface area (Å²) in [7, 11) is 0. The first-order valence-corrected chi connectivity index (χ1v) is 8.09. The minimum absolute atomic E-state index is 0.0559. The third-order valence-electron chi connectivity index (χ3n) is 3.43. The molecule has 0 amide bonds. The van der Waals surface area contributed by atoms with Crippen molar-refractivity contribution in [2.24, 2.45) is 4.99 Å². The fourth-order valence-corrected chi connectivity index (χ4v) is 2.57. The van der Waals surface area contributed by atoms with Gasteiger partial charge in [-0.2, -0.15) is 0 Å². The number of hydrogen-bond donors (Lipinski definition) is 2. The highest BCUT2D eigenvalue weighted by molar-refractivity contribution is 6.30. The maximum atomic E-state index is 9.65. The van der Waals surface area contributed by atoms with E-state index in [4.69, 9.17) is 16.3 Å². The zero-order chi connectivity index (χ0) is 15.9. The van der Waals surface area contributed by atoms with Gasteiger partial charge in [0.1, 0.15) is 11.9 Å². The maximum Gasteiger partial charge on any atom is 0.194 e. The van der Waals surface area contributed by atoms with E-state index in [1.54, 1.807) is 6.07 Å². The monoisotopic (exact) mass is 325 g/mol. The molecule has 1 fully saturated rings. The van der Waals surface area contributed by atoms with Crippen molar-refractivity contribution in [1.29, 1.82) is 0 Å². The van der Waals surface area contributed by atoms with E-state index in [0.717, 1.165) is 31.2 Å². The second kappa shape index (κ2) is 8.25. The SMILES string of the molecule is CCNC(=NCC(C)Oc1cccc(Cl)c1)N1CC[C@@H](O)C1. The van der Waals surface area contributed by atoms with E-state index in [1.165, 1.54) is 0 Å². The minimum Gasteiger partial charge on any atom is -0.489 e. The predicted molar refractivity (Wildman–Crippen MR) is 89.7 cm³/mol. The molecular weight excluding hydrogens is 302 g/mol. The smallest absolute Gasteiger partial charge is 0.194 e. The first-order chi connectivity index (χ1) is 10.6. The van der Waals surface area contributed by atoms with Crippen LogP contribution in [0.15, 0.2) is 29.3 Å². The van der Waals surface area contributed by atoms with Crippen LogP contribution in [0.5, 0.6) is 5.75 Å². The van der Waals surface area contributed by atoms with Gasteiger partial charge in [0.05, 0.1) is 12.6 Å². The van der Waals surface area contributed by atoms with Crippen LogP contribution < -0.4 is 10.1 Å². The summed E-state index contributed by atoms with van der Waals surface area (Å²) in [6.45, 7) is 6.82. The van der Waals surface area contributed by atoms with Crippen molar-refractivity contribution in [1.82, 2.24) is 10.2 Å². The zero-order valence-electron chi connectivity index (χ0n) is 13.1. The van der Waals surface area contributed by atoms with Crippen molar-refractivity contribution < 1.29 is 9.84 Å². The first-order valence-electron chi connectivity index (χ1n) is 7.72. The summed E-state index contributed by atoms with van der Waals surface area (Å²) in [5, 5.41) is 13.6. The molecule has 1 unspecified atom stereocenters. The Balaban J connectivity index is 1.91. The van der Waals surface area contributed by atoms with E-state index in [2.05, 4.69) is 15.2 Å². The van der Waals surface area contributed by atoms with Crippen LogP contribution in [0.25, 0.3) is 0 Å². The van der Waals surface area contributed by atoms with E-state index >= 15 is 0 Å². The van der Waals surface area contributed by atoms with Gasteiger partial charge >= 0.3 is 0 Å².